The van der Waals surface area contributed by atoms with Gasteiger partial charge in [-0.25, -0.2) is 9.98 Å². The van der Waals surface area contributed by atoms with Crippen LogP contribution in [-0.4, -0.2) is 16.1 Å². The summed E-state index contributed by atoms with van der Waals surface area (Å²) in [5, 5.41) is 33.7. The molecule has 0 saturated carbocycles. The molecule has 2 aromatic rings. The molecule has 3 rings (SSSR count). The molecule has 2 heterocycles. The number of benzene rings is 1. The Bertz CT molecular complexity index is 968. The number of guanidine groups is 1. The van der Waals surface area contributed by atoms with Gasteiger partial charge in [0.2, 0.25) is 5.96 Å². The molecule has 1 unspecified atom stereocenters. The number of anilines is 3. The highest BCUT2D eigenvalue weighted by Gasteiger charge is 2.32. The number of hydrogen-bond donors (Lipinski definition) is 5. The molecule has 0 aliphatic carbocycles. The van der Waals surface area contributed by atoms with E-state index in [-0.39, 0.29) is 34.6 Å². The molecule has 25 heavy (non-hydrogen) atoms. The molecule has 1 aromatic carbocycles. The van der Waals surface area contributed by atoms with Gasteiger partial charge in [0.15, 0.2) is 6.19 Å². The molecule has 1 aliphatic heterocycles. The van der Waals surface area contributed by atoms with Gasteiger partial charge < -0.3 is 21.9 Å². The summed E-state index contributed by atoms with van der Waals surface area (Å²) in [6.07, 6.45) is 1.77. The van der Waals surface area contributed by atoms with Crippen molar-refractivity contribution in [3.63, 3.8) is 0 Å². The normalized spacial score (nSPS) is 15.2. The maximum atomic E-state index is 10.3. The van der Waals surface area contributed by atoms with Gasteiger partial charge in [0.25, 0.3) is 0 Å². The minimum atomic E-state index is -0.764. The Labute approximate surface area is 156 Å². The summed E-state index contributed by atoms with van der Waals surface area (Å²) in [5.74, 6) is 0.385. The van der Waals surface area contributed by atoms with Gasteiger partial charge in [-0.2, -0.15) is 10.5 Å². The van der Waals surface area contributed by atoms with Gasteiger partial charge in [0.1, 0.15) is 35.1 Å². The number of pyridine rings is 1. The third kappa shape index (κ3) is 2.72. The molecule has 0 radical (unpaired) electrons. The average Bonchev–Trinajstić information content (AvgIpc) is 2.54. The summed E-state index contributed by atoms with van der Waals surface area (Å²) in [7, 11) is 0. The molecular formula is C15H11IN8O. The number of aromatic nitrogens is 1. The molecule has 0 bridgehead atoms. The van der Waals surface area contributed by atoms with Crippen LogP contribution < -0.4 is 22.1 Å². The lowest BCUT2D eigenvalue weighted by Crippen LogP contribution is -2.33. The van der Waals surface area contributed by atoms with E-state index in [0.717, 1.165) is 3.57 Å². The van der Waals surface area contributed by atoms with E-state index in [9.17, 15) is 10.4 Å². The number of nitriles is 2. The van der Waals surface area contributed by atoms with Gasteiger partial charge in [-0.1, -0.05) is 6.07 Å². The molecule has 0 spiro atoms. The summed E-state index contributed by atoms with van der Waals surface area (Å²) in [6.45, 7) is 0. The largest absolute Gasteiger partial charge is 0.508 e. The van der Waals surface area contributed by atoms with Gasteiger partial charge in [-0.05, 0) is 34.7 Å². The zero-order chi connectivity index (χ0) is 18.1. The number of aromatic hydroxyl groups is 1. The molecule has 1 aliphatic rings. The molecule has 9 nitrogen and oxygen atoms in total. The van der Waals surface area contributed by atoms with Gasteiger partial charge in [-0.3, -0.25) is 5.32 Å². The minimum absolute atomic E-state index is 0.0135. The standard InChI is InChI=1S/C15H11IN8O/c16-7-2-1-3-8(25)9(7)12-10-11(19)6(4-17)13(20)23-14(10)24-15(22-12)21-5-18/h1-3,12,25H,(H6,19,20,21,22,23,24). The molecular weight excluding hydrogens is 435 g/mol. The number of nitrogens with zero attached hydrogens (tertiary/aromatic N) is 4. The van der Waals surface area contributed by atoms with Crippen molar-refractivity contribution < 1.29 is 5.11 Å². The molecule has 7 N–H and O–H groups in total. The molecule has 1 atom stereocenters. The van der Waals surface area contributed by atoms with Crippen LogP contribution in [0.3, 0.4) is 0 Å². The Morgan fingerprint density at radius 1 is 1.28 bits per heavy atom. The fraction of sp³-hybridized carbons (Fsp3) is 0.0667. The number of nitrogens with one attached hydrogen (secondary N) is 2. The predicted molar refractivity (Wildman–Crippen MR) is 100 cm³/mol. The third-order valence-electron chi connectivity index (χ3n) is 3.66. The van der Waals surface area contributed by atoms with Gasteiger partial charge in [0.05, 0.1) is 5.69 Å². The number of rotatable bonds is 1. The maximum absolute atomic E-state index is 10.3. The molecule has 0 saturated heterocycles. The van der Waals surface area contributed by atoms with E-state index in [0.29, 0.717) is 11.1 Å². The number of phenolic OH excluding ortho intramolecular Hbond substituents is 1. The number of nitrogens with two attached hydrogens (primary N) is 2. The highest BCUT2D eigenvalue weighted by Crippen LogP contribution is 2.44. The Morgan fingerprint density at radius 2 is 2.04 bits per heavy atom. The summed E-state index contributed by atoms with van der Waals surface area (Å²) < 4.78 is 0.741. The smallest absolute Gasteiger partial charge is 0.211 e. The van der Waals surface area contributed by atoms with Crippen molar-refractivity contribution in [2.75, 3.05) is 16.8 Å². The van der Waals surface area contributed by atoms with Crippen LogP contribution >= 0.6 is 22.6 Å². The minimum Gasteiger partial charge on any atom is -0.508 e. The summed E-state index contributed by atoms with van der Waals surface area (Å²) >= 11 is 2.07. The second-order valence-electron chi connectivity index (χ2n) is 5.07. The number of phenols is 1. The van der Waals surface area contributed by atoms with Crippen LogP contribution in [0, 0.1) is 26.4 Å². The molecule has 0 amide bonds. The van der Waals surface area contributed by atoms with Crippen LogP contribution in [0.2, 0.25) is 0 Å². The first-order valence-corrected chi connectivity index (χ1v) is 8.02. The highest BCUT2D eigenvalue weighted by atomic mass is 127. The van der Waals surface area contributed by atoms with E-state index in [1.165, 1.54) is 6.07 Å². The lowest BCUT2D eigenvalue weighted by atomic mass is 9.94. The highest BCUT2D eigenvalue weighted by molar-refractivity contribution is 14.1. The van der Waals surface area contributed by atoms with Crippen LogP contribution in [0.15, 0.2) is 23.2 Å². The Kier molecular flexibility index (Phi) is 4.21. The number of fused-ring (bicyclic) bond motifs is 1. The second kappa shape index (κ2) is 6.33. The summed E-state index contributed by atoms with van der Waals surface area (Å²) in [4.78, 5) is 8.57. The second-order valence-corrected chi connectivity index (χ2v) is 6.24. The van der Waals surface area contributed by atoms with Crippen molar-refractivity contribution >= 4 is 45.9 Å². The summed E-state index contributed by atoms with van der Waals surface area (Å²) in [6, 6.07) is 6.20. The number of hydrogen-bond acceptors (Lipinski definition) is 9. The van der Waals surface area contributed by atoms with Crippen molar-refractivity contribution in [1.82, 2.24) is 10.3 Å². The van der Waals surface area contributed by atoms with E-state index >= 15 is 0 Å². The first-order chi connectivity index (χ1) is 12.0. The van der Waals surface area contributed by atoms with Gasteiger partial charge in [-0.15, -0.1) is 0 Å². The number of halogens is 1. The first kappa shape index (κ1) is 16.6. The SMILES string of the molecule is N#CNC1=NC(c2c(O)cccc2I)c2c(nc(N)c(C#N)c2N)N1. The van der Waals surface area contributed by atoms with Crippen LogP contribution in [-0.2, 0) is 0 Å². The fourth-order valence-electron chi connectivity index (χ4n) is 2.59. The van der Waals surface area contributed by atoms with E-state index in [4.69, 9.17) is 16.7 Å². The van der Waals surface area contributed by atoms with Crippen molar-refractivity contribution in [2.45, 2.75) is 6.04 Å². The van der Waals surface area contributed by atoms with Crippen molar-refractivity contribution in [3.8, 4) is 18.0 Å². The Morgan fingerprint density at radius 3 is 2.68 bits per heavy atom. The van der Waals surface area contributed by atoms with Crippen LogP contribution in [0.25, 0.3) is 0 Å². The van der Waals surface area contributed by atoms with Crippen LogP contribution in [0.5, 0.6) is 5.75 Å². The van der Waals surface area contributed by atoms with E-state index in [1.54, 1.807) is 18.3 Å². The van der Waals surface area contributed by atoms with E-state index in [1.807, 2.05) is 6.07 Å². The monoisotopic (exact) mass is 446 g/mol. The van der Waals surface area contributed by atoms with Crippen LogP contribution in [0.1, 0.15) is 22.7 Å². The maximum Gasteiger partial charge on any atom is 0.211 e. The van der Waals surface area contributed by atoms with Gasteiger partial charge in [0, 0.05) is 14.7 Å². The van der Waals surface area contributed by atoms with E-state index in [2.05, 4.69) is 43.2 Å². The van der Waals surface area contributed by atoms with Crippen molar-refractivity contribution in [1.29, 1.82) is 10.5 Å². The quantitative estimate of drug-likeness (QED) is 0.249. The van der Waals surface area contributed by atoms with E-state index < -0.39 is 6.04 Å². The number of nitrogen functional groups attached to an aromatic ring is 2. The van der Waals surface area contributed by atoms with Gasteiger partial charge >= 0.3 is 0 Å². The van der Waals surface area contributed by atoms with Crippen molar-refractivity contribution in [3.05, 3.63) is 38.5 Å². The molecule has 10 heteroatoms. The lowest BCUT2D eigenvalue weighted by Gasteiger charge is -2.27. The number of aliphatic imine (C=N–C) groups is 1. The zero-order valence-corrected chi connectivity index (χ0v) is 14.7. The first-order valence-electron chi connectivity index (χ1n) is 6.94. The molecule has 1 aromatic heterocycles. The fourth-order valence-corrected chi connectivity index (χ4v) is 3.37. The molecule has 124 valence electrons. The molecule has 0 fully saturated rings. The van der Waals surface area contributed by atoms with Crippen molar-refractivity contribution in [2.24, 2.45) is 4.99 Å². The topological polar surface area (TPSA) is 169 Å². The van der Waals surface area contributed by atoms with Crippen LogP contribution in [0.4, 0.5) is 17.3 Å². The third-order valence-corrected chi connectivity index (χ3v) is 4.60. The lowest BCUT2D eigenvalue weighted by molar-refractivity contribution is 0.464. The zero-order valence-electron chi connectivity index (χ0n) is 12.6. The summed E-state index contributed by atoms with van der Waals surface area (Å²) in [5.41, 5.74) is 13.0. The Balaban J connectivity index is 2.32. The predicted octanol–water partition coefficient (Wildman–Crippen LogP) is 1.37. The average molecular weight is 446 g/mol. The Hall–Kier alpha value is -3.25.